The molecule has 0 radical (unpaired) electrons. The lowest BCUT2D eigenvalue weighted by molar-refractivity contribution is 0.0985. The van der Waals surface area contributed by atoms with E-state index in [9.17, 15) is 4.79 Å². The lowest BCUT2D eigenvalue weighted by atomic mass is 10.1. The van der Waals surface area contributed by atoms with Gasteiger partial charge in [0.05, 0.1) is 32.5 Å². The van der Waals surface area contributed by atoms with Crippen molar-refractivity contribution >= 4 is 65.7 Å². The maximum atomic E-state index is 13.5. The topological polar surface area (TPSA) is 46.1 Å². The molecule has 0 fully saturated rings. The number of hydrogen-bond donors (Lipinski definition) is 0. The first-order valence-electron chi connectivity index (χ1n) is 8.92. The first-order chi connectivity index (χ1) is 14.2. The van der Waals surface area contributed by atoms with Crippen molar-refractivity contribution in [2.75, 3.05) is 4.90 Å². The molecule has 0 bridgehead atoms. The van der Waals surface area contributed by atoms with Gasteiger partial charge < -0.3 is 0 Å². The van der Waals surface area contributed by atoms with Crippen LogP contribution >= 0.6 is 34.3 Å². The van der Waals surface area contributed by atoms with Crippen LogP contribution in [0.4, 0.5) is 5.13 Å². The van der Waals surface area contributed by atoms with E-state index in [1.54, 1.807) is 10.4 Å². The summed E-state index contributed by atoms with van der Waals surface area (Å²) in [5, 5.41) is 1.31. The number of nitrogens with zero attached hydrogens (tertiary/aromatic N) is 3. The smallest absolute Gasteiger partial charge is 0.260 e. The highest BCUT2D eigenvalue weighted by Crippen LogP contribution is 2.33. The highest BCUT2D eigenvalue weighted by Gasteiger charge is 2.22. The number of carbonyl (C=O) groups excluding carboxylic acids is 1. The summed E-state index contributed by atoms with van der Waals surface area (Å²) < 4.78 is 1.95. The van der Waals surface area contributed by atoms with E-state index in [-0.39, 0.29) is 5.91 Å². The third kappa shape index (κ3) is 3.62. The number of halogens is 1. The minimum absolute atomic E-state index is 0.0886. The SMILES string of the molecule is O=C(c1ccc2ncsc2c1)N(Cc1ccccc1)c1nc2ccc(Cl)cc2s1. The summed E-state index contributed by atoms with van der Waals surface area (Å²) in [5.41, 5.74) is 5.18. The second kappa shape index (κ2) is 7.55. The molecule has 0 spiro atoms. The highest BCUT2D eigenvalue weighted by molar-refractivity contribution is 7.22. The highest BCUT2D eigenvalue weighted by atomic mass is 35.5. The number of carbonyl (C=O) groups is 1. The Morgan fingerprint density at radius 1 is 0.966 bits per heavy atom. The Morgan fingerprint density at radius 3 is 2.66 bits per heavy atom. The Morgan fingerprint density at radius 2 is 1.79 bits per heavy atom. The fourth-order valence-corrected chi connectivity index (χ4v) is 5.09. The van der Waals surface area contributed by atoms with E-state index < -0.39 is 0 Å². The zero-order valence-electron chi connectivity index (χ0n) is 15.1. The van der Waals surface area contributed by atoms with E-state index in [4.69, 9.17) is 16.6 Å². The van der Waals surface area contributed by atoms with E-state index in [1.807, 2.05) is 66.7 Å². The lowest BCUT2D eigenvalue weighted by Gasteiger charge is -2.20. The minimum Gasteiger partial charge on any atom is -0.279 e. The molecule has 0 N–H and O–H groups in total. The van der Waals surface area contributed by atoms with Crippen LogP contribution in [0.15, 0.2) is 72.2 Å². The molecule has 1 amide bonds. The van der Waals surface area contributed by atoms with Crippen LogP contribution in [0.3, 0.4) is 0 Å². The van der Waals surface area contributed by atoms with E-state index in [1.165, 1.54) is 22.7 Å². The molecule has 0 saturated carbocycles. The Balaban J connectivity index is 1.59. The van der Waals surface area contributed by atoms with Gasteiger partial charge in [-0.1, -0.05) is 53.3 Å². The fraction of sp³-hybridized carbons (Fsp3) is 0.0455. The molecule has 0 atom stereocenters. The fourth-order valence-electron chi connectivity index (χ4n) is 3.14. The van der Waals surface area contributed by atoms with Crippen LogP contribution < -0.4 is 4.90 Å². The molecular formula is C22H14ClN3OS2. The maximum absolute atomic E-state index is 13.5. The van der Waals surface area contributed by atoms with Crippen LogP contribution in [-0.2, 0) is 6.54 Å². The zero-order chi connectivity index (χ0) is 19.8. The van der Waals surface area contributed by atoms with Crippen molar-refractivity contribution in [1.29, 1.82) is 0 Å². The predicted molar refractivity (Wildman–Crippen MR) is 121 cm³/mol. The Hall–Kier alpha value is -2.80. The predicted octanol–water partition coefficient (Wildman–Crippen LogP) is 6.41. The van der Waals surface area contributed by atoms with Crippen molar-refractivity contribution in [3.8, 4) is 0 Å². The molecule has 5 aromatic rings. The number of thiazole rings is 2. The number of fused-ring (bicyclic) bond motifs is 2. The van der Waals surface area contributed by atoms with Crippen LogP contribution in [0.25, 0.3) is 20.4 Å². The number of aromatic nitrogens is 2. The third-order valence-corrected chi connectivity index (χ3v) is 6.64. The van der Waals surface area contributed by atoms with Crippen LogP contribution in [0, 0.1) is 0 Å². The van der Waals surface area contributed by atoms with Crippen molar-refractivity contribution < 1.29 is 4.79 Å². The van der Waals surface area contributed by atoms with E-state index >= 15 is 0 Å². The summed E-state index contributed by atoms with van der Waals surface area (Å²) in [7, 11) is 0. The number of hydrogen-bond acceptors (Lipinski definition) is 5. The van der Waals surface area contributed by atoms with Gasteiger partial charge in [-0.15, -0.1) is 11.3 Å². The van der Waals surface area contributed by atoms with Crippen LogP contribution in [0.1, 0.15) is 15.9 Å². The summed E-state index contributed by atoms with van der Waals surface area (Å²) in [6.07, 6.45) is 0. The van der Waals surface area contributed by atoms with Crippen LogP contribution in [-0.4, -0.2) is 15.9 Å². The number of rotatable bonds is 4. The van der Waals surface area contributed by atoms with Gasteiger partial charge in [-0.25, -0.2) is 9.97 Å². The van der Waals surface area contributed by atoms with Crippen LogP contribution in [0.5, 0.6) is 0 Å². The number of benzene rings is 3. The molecule has 0 saturated heterocycles. The van der Waals surface area contributed by atoms with Gasteiger partial charge in [-0.3, -0.25) is 9.69 Å². The molecule has 2 aromatic heterocycles. The molecule has 0 aliphatic carbocycles. The van der Waals surface area contributed by atoms with Gasteiger partial charge in [0.1, 0.15) is 0 Å². The Kier molecular flexibility index (Phi) is 4.75. The Bertz CT molecular complexity index is 1330. The molecule has 0 aliphatic rings. The first-order valence-corrected chi connectivity index (χ1v) is 11.0. The quantitative estimate of drug-likeness (QED) is 0.328. The molecule has 7 heteroatoms. The van der Waals surface area contributed by atoms with Crippen molar-refractivity contribution in [3.05, 3.63) is 88.4 Å². The summed E-state index contributed by atoms with van der Waals surface area (Å²) >= 11 is 9.13. The van der Waals surface area contributed by atoms with Gasteiger partial charge in [0, 0.05) is 10.6 Å². The summed E-state index contributed by atoms with van der Waals surface area (Å²) in [6.45, 7) is 0.438. The maximum Gasteiger partial charge on any atom is 0.260 e. The van der Waals surface area contributed by atoms with Gasteiger partial charge in [0.2, 0.25) is 0 Å². The molecule has 3 aromatic carbocycles. The minimum atomic E-state index is -0.0886. The summed E-state index contributed by atoms with van der Waals surface area (Å²) in [4.78, 5) is 24.2. The van der Waals surface area contributed by atoms with Crippen molar-refractivity contribution in [1.82, 2.24) is 9.97 Å². The number of anilines is 1. The van der Waals surface area contributed by atoms with E-state index in [2.05, 4.69) is 4.98 Å². The zero-order valence-corrected chi connectivity index (χ0v) is 17.5. The first kappa shape index (κ1) is 18.2. The summed E-state index contributed by atoms with van der Waals surface area (Å²) in [5.74, 6) is -0.0886. The van der Waals surface area contributed by atoms with E-state index in [0.717, 1.165) is 26.0 Å². The molecule has 2 heterocycles. The van der Waals surface area contributed by atoms with Crippen molar-refractivity contribution in [2.45, 2.75) is 6.54 Å². The second-order valence-corrected chi connectivity index (χ2v) is 8.85. The van der Waals surface area contributed by atoms with Gasteiger partial charge >= 0.3 is 0 Å². The molecule has 5 rings (SSSR count). The van der Waals surface area contributed by atoms with E-state index in [0.29, 0.717) is 22.3 Å². The normalized spacial score (nSPS) is 11.2. The molecular weight excluding hydrogens is 422 g/mol. The molecule has 29 heavy (non-hydrogen) atoms. The average molecular weight is 436 g/mol. The largest absolute Gasteiger partial charge is 0.279 e. The van der Waals surface area contributed by atoms with Gasteiger partial charge in [0.25, 0.3) is 5.91 Å². The average Bonchev–Trinajstić information content (AvgIpc) is 3.38. The van der Waals surface area contributed by atoms with Gasteiger partial charge in [-0.2, -0.15) is 0 Å². The van der Waals surface area contributed by atoms with Crippen LogP contribution in [0.2, 0.25) is 5.02 Å². The number of amides is 1. The molecule has 0 unspecified atom stereocenters. The molecule has 4 nitrogen and oxygen atoms in total. The van der Waals surface area contributed by atoms with Crippen molar-refractivity contribution in [3.63, 3.8) is 0 Å². The van der Waals surface area contributed by atoms with Gasteiger partial charge in [0.15, 0.2) is 5.13 Å². The second-order valence-electron chi connectivity index (χ2n) is 6.52. The third-order valence-electron chi connectivity index (χ3n) is 4.58. The lowest BCUT2D eigenvalue weighted by Crippen LogP contribution is -2.30. The molecule has 0 aliphatic heterocycles. The standard InChI is InChI=1S/C22H14ClN3OS2/c23-16-7-9-18-20(11-16)29-22(25-18)26(12-14-4-2-1-3-5-14)21(27)15-6-8-17-19(10-15)28-13-24-17/h1-11,13H,12H2. The van der Waals surface area contributed by atoms with Gasteiger partial charge in [-0.05, 0) is 42.0 Å². The Labute approximate surface area is 180 Å². The monoisotopic (exact) mass is 435 g/mol. The molecule has 142 valence electrons. The summed E-state index contributed by atoms with van der Waals surface area (Å²) in [6, 6.07) is 21.1. The van der Waals surface area contributed by atoms with Crippen molar-refractivity contribution in [2.24, 2.45) is 0 Å².